The largest absolute Gasteiger partial charge is 0.347 e. The van der Waals surface area contributed by atoms with E-state index in [1.165, 1.54) is 12.1 Å². The third-order valence-corrected chi connectivity index (χ3v) is 6.94. The number of hydrogen-bond acceptors (Lipinski definition) is 4. The van der Waals surface area contributed by atoms with Crippen LogP contribution in [0.25, 0.3) is 0 Å². The summed E-state index contributed by atoms with van der Waals surface area (Å²) in [6.45, 7) is 8.89. The number of amides is 2. The maximum atomic E-state index is 13.5. The molecule has 0 aliphatic carbocycles. The van der Waals surface area contributed by atoms with Crippen LogP contribution in [0.15, 0.2) is 77.7 Å². The first-order valence-electron chi connectivity index (χ1n) is 11.2. The van der Waals surface area contributed by atoms with E-state index in [9.17, 15) is 18.0 Å². The Morgan fingerprint density at radius 2 is 1.37 bits per heavy atom. The van der Waals surface area contributed by atoms with Crippen molar-refractivity contribution in [2.24, 2.45) is 0 Å². The topological polar surface area (TPSA) is 95.6 Å². The highest BCUT2D eigenvalue weighted by Gasteiger charge is 2.28. The summed E-state index contributed by atoms with van der Waals surface area (Å²) in [6.07, 6.45) is 0. The highest BCUT2D eigenvalue weighted by molar-refractivity contribution is 7.92. The fraction of sp³-hybridized carbons (Fsp3) is 0.259. The number of para-hydroxylation sites is 1. The number of carbonyl (C=O) groups excluding carboxylic acids is 2. The molecule has 0 radical (unpaired) electrons. The zero-order chi connectivity index (χ0) is 25.8. The summed E-state index contributed by atoms with van der Waals surface area (Å²) in [4.78, 5) is 25.9. The molecule has 2 amide bonds. The fourth-order valence-corrected chi connectivity index (χ4v) is 4.80. The van der Waals surface area contributed by atoms with Crippen LogP contribution in [0.5, 0.6) is 0 Å². The molecule has 3 aromatic carbocycles. The Labute approximate surface area is 207 Å². The van der Waals surface area contributed by atoms with Gasteiger partial charge >= 0.3 is 0 Å². The number of rotatable bonds is 7. The molecule has 0 unspecified atom stereocenters. The van der Waals surface area contributed by atoms with Crippen molar-refractivity contribution >= 4 is 33.2 Å². The minimum atomic E-state index is -4.03. The minimum absolute atomic E-state index is 0.0847. The molecule has 35 heavy (non-hydrogen) atoms. The Kier molecular flexibility index (Phi) is 7.65. The first-order chi connectivity index (χ1) is 16.4. The Morgan fingerprint density at radius 3 is 1.94 bits per heavy atom. The van der Waals surface area contributed by atoms with Gasteiger partial charge in [0.1, 0.15) is 6.54 Å². The van der Waals surface area contributed by atoms with Gasteiger partial charge in [0, 0.05) is 5.54 Å². The van der Waals surface area contributed by atoms with Gasteiger partial charge < -0.3 is 10.6 Å². The third-order valence-electron chi connectivity index (χ3n) is 5.15. The highest BCUT2D eigenvalue weighted by Crippen LogP contribution is 2.25. The molecule has 0 fully saturated rings. The Hall–Kier alpha value is -3.65. The monoisotopic (exact) mass is 493 g/mol. The van der Waals surface area contributed by atoms with E-state index >= 15 is 0 Å². The molecule has 8 heteroatoms. The van der Waals surface area contributed by atoms with Crippen LogP contribution >= 0.6 is 0 Å². The molecular weight excluding hydrogens is 462 g/mol. The molecule has 0 saturated carbocycles. The average Bonchev–Trinajstić information content (AvgIpc) is 2.77. The van der Waals surface area contributed by atoms with Crippen LogP contribution in [0.1, 0.15) is 42.3 Å². The number of nitrogens with zero attached hydrogens (tertiary/aromatic N) is 1. The first kappa shape index (κ1) is 26.0. The van der Waals surface area contributed by atoms with E-state index in [4.69, 9.17) is 0 Å². The molecule has 2 N–H and O–H groups in total. The number of aryl methyl sites for hydroxylation is 2. The lowest BCUT2D eigenvalue weighted by Crippen LogP contribution is -2.41. The van der Waals surface area contributed by atoms with Gasteiger partial charge in [-0.05, 0) is 71.0 Å². The summed E-state index contributed by atoms with van der Waals surface area (Å²) in [5.74, 6) is -0.909. The van der Waals surface area contributed by atoms with Crippen molar-refractivity contribution in [3.63, 3.8) is 0 Å². The van der Waals surface area contributed by atoms with Gasteiger partial charge in [-0.1, -0.05) is 47.5 Å². The fourth-order valence-electron chi connectivity index (χ4n) is 3.38. The molecule has 0 bridgehead atoms. The van der Waals surface area contributed by atoms with E-state index in [0.717, 1.165) is 15.4 Å². The third kappa shape index (κ3) is 6.70. The number of hydrogen-bond donors (Lipinski definition) is 2. The Bertz CT molecular complexity index is 1310. The predicted molar refractivity (Wildman–Crippen MR) is 139 cm³/mol. The van der Waals surface area contributed by atoms with Gasteiger partial charge in [-0.2, -0.15) is 0 Å². The van der Waals surface area contributed by atoms with Gasteiger partial charge in [0.2, 0.25) is 5.91 Å². The lowest BCUT2D eigenvalue weighted by molar-refractivity contribution is -0.114. The SMILES string of the molecule is Cc1ccc(N(CC(=O)Nc2ccccc2C(=O)NC(C)(C)C)S(=O)(=O)c2ccc(C)cc2)cc1. The summed E-state index contributed by atoms with van der Waals surface area (Å²) in [7, 11) is -4.03. The number of sulfonamides is 1. The van der Waals surface area contributed by atoms with E-state index in [0.29, 0.717) is 16.9 Å². The maximum Gasteiger partial charge on any atom is 0.264 e. The van der Waals surface area contributed by atoms with E-state index in [1.807, 2.05) is 34.6 Å². The van der Waals surface area contributed by atoms with Crippen LogP contribution < -0.4 is 14.9 Å². The second kappa shape index (κ2) is 10.3. The molecular formula is C27H31N3O4S. The number of carbonyl (C=O) groups is 2. The lowest BCUT2D eigenvalue weighted by Gasteiger charge is -2.25. The Morgan fingerprint density at radius 1 is 0.829 bits per heavy atom. The molecule has 184 valence electrons. The van der Waals surface area contributed by atoms with Crippen molar-refractivity contribution in [1.29, 1.82) is 0 Å². The average molecular weight is 494 g/mol. The molecule has 0 aliphatic rings. The maximum absolute atomic E-state index is 13.5. The zero-order valence-corrected chi connectivity index (χ0v) is 21.4. The molecule has 0 aliphatic heterocycles. The summed E-state index contributed by atoms with van der Waals surface area (Å²) in [6, 6.07) is 20.0. The smallest absolute Gasteiger partial charge is 0.264 e. The van der Waals surface area contributed by atoms with Gasteiger partial charge in [0.25, 0.3) is 15.9 Å². The lowest BCUT2D eigenvalue weighted by atomic mass is 10.1. The van der Waals surface area contributed by atoms with Gasteiger partial charge in [-0.15, -0.1) is 0 Å². The molecule has 0 heterocycles. The summed E-state index contributed by atoms with van der Waals surface area (Å²) >= 11 is 0. The molecule has 3 rings (SSSR count). The normalized spacial score (nSPS) is 11.6. The molecule has 0 saturated heterocycles. The van der Waals surface area contributed by atoms with Crippen LogP contribution in [0.4, 0.5) is 11.4 Å². The van der Waals surface area contributed by atoms with Gasteiger partial charge in [-0.3, -0.25) is 13.9 Å². The second-order valence-corrected chi connectivity index (χ2v) is 11.3. The van der Waals surface area contributed by atoms with Crippen LogP contribution in [-0.2, 0) is 14.8 Å². The summed E-state index contributed by atoms with van der Waals surface area (Å²) < 4.78 is 28.1. The van der Waals surface area contributed by atoms with Gasteiger partial charge in [-0.25, -0.2) is 8.42 Å². The quantitative estimate of drug-likeness (QED) is 0.500. The van der Waals surface area contributed by atoms with E-state index in [-0.39, 0.29) is 10.8 Å². The van der Waals surface area contributed by atoms with E-state index in [1.54, 1.807) is 60.7 Å². The number of benzene rings is 3. The van der Waals surface area contributed by atoms with Crippen molar-refractivity contribution in [1.82, 2.24) is 5.32 Å². The molecule has 0 atom stereocenters. The van der Waals surface area contributed by atoms with Crippen molar-refractivity contribution in [3.8, 4) is 0 Å². The zero-order valence-electron chi connectivity index (χ0n) is 20.6. The molecule has 0 aromatic heterocycles. The van der Waals surface area contributed by atoms with Crippen molar-refractivity contribution in [2.45, 2.75) is 45.1 Å². The van der Waals surface area contributed by atoms with E-state index in [2.05, 4.69) is 10.6 Å². The number of anilines is 2. The summed E-state index contributed by atoms with van der Waals surface area (Å²) in [5, 5.41) is 5.59. The van der Waals surface area contributed by atoms with E-state index < -0.39 is 28.0 Å². The minimum Gasteiger partial charge on any atom is -0.347 e. The highest BCUT2D eigenvalue weighted by atomic mass is 32.2. The Balaban J connectivity index is 1.92. The second-order valence-electron chi connectivity index (χ2n) is 9.46. The van der Waals surface area contributed by atoms with Crippen molar-refractivity contribution < 1.29 is 18.0 Å². The van der Waals surface area contributed by atoms with Crippen LogP contribution in [0, 0.1) is 13.8 Å². The van der Waals surface area contributed by atoms with Crippen LogP contribution in [0.2, 0.25) is 0 Å². The standard InChI is InChI=1S/C27H31N3O4S/c1-19-10-14-21(15-11-19)30(35(33,34)22-16-12-20(2)13-17-22)18-25(31)28-24-9-7-6-8-23(24)26(32)29-27(3,4)5/h6-17H,18H2,1-5H3,(H,28,31)(H,29,32). The number of nitrogens with one attached hydrogen (secondary N) is 2. The molecule has 0 spiro atoms. The van der Waals surface area contributed by atoms with Crippen molar-refractivity contribution in [3.05, 3.63) is 89.5 Å². The van der Waals surface area contributed by atoms with Crippen LogP contribution in [-0.4, -0.2) is 32.3 Å². The predicted octanol–water partition coefficient (Wildman–Crippen LogP) is 4.67. The summed E-state index contributed by atoms with van der Waals surface area (Å²) in [5.41, 5.74) is 2.39. The van der Waals surface area contributed by atoms with Crippen LogP contribution in [0.3, 0.4) is 0 Å². The molecule has 3 aromatic rings. The van der Waals surface area contributed by atoms with Gasteiger partial charge in [0.05, 0.1) is 21.8 Å². The van der Waals surface area contributed by atoms with Crippen molar-refractivity contribution in [2.75, 3.05) is 16.2 Å². The molecule has 7 nitrogen and oxygen atoms in total. The first-order valence-corrected chi connectivity index (χ1v) is 12.7. The van der Waals surface area contributed by atoms with Gasteiger partial charge in [0.15, 0.2) is 0 Å².